The maximum Gasteiger partial charge on any atom is 0.261 e. The summed E-state index contributed by atoms with van der Waals surface area (Å²) in [5, 5.41) is 47.7. The van der Waals surface area contributed by atoms with Crippen molar-refractivity contribution in [3.8, 4) is 11.1 Å². The highest BCUT2D eigenvalue weighted by molar-refractivity contribution is 6.51. The molecule has 1 unspecified atom stereocenters. The molecule has 6 heteroatoms. The molecule has 0 N–H and O–H groups in total. The van der Waals surface area contributed by atoms with E-state index in [0.717, 1.165) is 83.9 Å². The van der Waals surface area contributed by atoms with Crippen molar-refractivity contribution in [1.29, 1.82) is 0 Å². The van der Waals surface area contributed by atoms with Gasteiger partial charge in [-0.25, -0.2) is 0 Å². The molecular weight excluding hydrogens is 1260 g/mol. The first-order chi connectivity index (χ1) is 50.5. The van der Waals surface area contributed by atoms with Gasteiger partial charge in [0.15, 0.2) is 0 Å². The summed E-state index contributed by atoms with van der Waals surface area (Å²) < 4.78 is 0. The van der Waals surface area contributed by atoms with E-state index in [4.69, 9.17) is 0 Å². The lowest BCUT2D eigenvalue weighted by Gasteiger charge is -2.33. The van der Waals surface area contributed by atoms with Crippen molar-refractivity contribution in [1.82, 2.24) is 9.80 Å². The van der Waals surface area contributed by atoms with Gasteiger partial charge in [-0.05, 0) is 280 Å². The van der Waals surface area contributed by atoms with E-state index in [1.807, 2.05) is 45.0 Å². The Morgan fingerprint density at radius 1 is 0.233 bits per heavy atom. The van der Waals surface area contributed by atoms with Crippen molar-refractivity contribution in [2.24, 2.45) is 0 Å². The van der Waals surface area contributed by atoms with Gasteiger partial charge in [0.1, 0.15) is 0 Å². The van der Waals surface area contributed by atoms with Gasteiger partial charge in [-0.3, -0.25) is 29.0 Å². The third kappa shape index (κ3) is 6.62. The fourth-order valence-electron chi connectivity index (χ4n) is 21.4. The number of aryl methyl sites for hydroxylation is 1. The fraction of sp³-hybridized carbons (Fsp3) is 0.134. The van der Waals surface area contributed by atoms with Crippen LogP contribution >= 0.6 is 0 Å². The van der Waals surface area contributed by atoms with E-state index in [1.165, 1.54) is 192 Å². The number of hydrogen-bond donors (Lipinski definition) is 0. The second kappa shape index (κ2) is 19.3. The maximum absolute atomic E-state index is 14.6. The number of benzene rings is 22. The lowest BCUT2D eigenvalue weighted by Crippen LogP contribution is -2.45. The van der Waals surface area contributed by atoms with E-state index in [1.54, 1.807) is 4.90 Å². The van der Waals surface area contributed by atoms with Crippen molar-refractivity contribution in [3.05, 3.63) is 228 Å². The minimum absolute atomic E-state index is 0.182. The standard InChI is InChI=1S/C97H62N2O4/c1-6-7-8-9-10-12-47(5)99-96(102)77-43-39-71-53-16-15-46(4)79-51(19-20-56(81(53)79)72-40-44-78(97(99)103)93(77)90(71)72)48-17-18-52-55-22-24-58-60-26-28-62-64-30-32-66-68-34-36-70-74-38-42-76-92-75(94(100)98(45(2)3)95(76)101)41-37-73(91(74)92)69-35-33-67(88(68)89(69)70)65-31-29-63(86(64)87(65)66)61-27-25-59(84(60)85(61)62)57-23-21-54(82(55)83(57)58)50-14-11-13-49(48)80(50)52/h11,13-45,47H,6-10,12H2,1-5H3. The molecule has 22 aromatic carbocycles. The Labute approximate surface area is 588 Å². The molecule has 103 heavy (non-hydrogen) atoms. The van der Waals surface area contributed by atoms with E-state index in [0.29, 0.717) is 22.3 Å². The van der Waals surface area contributed by atoms with E-state index in [9.17, 15) is 19.2 Å². The minimum Gasteiger partial charge on any atom is -0.272 e. The number of fused-ring (bicyclic) bond motifs is 12. The number of carbonyl (C=O) groups excluding carboxylic acids is 4. The fourth-order valence-corrected chi connectivity index (χ4v) is 21.4. The van der Waals surface area contributed by atoms with Crippen molar-refractivity contribution in [2.75, 3.05) is 0 Å². The summed E-state index contributed by atoms with van der Waals surface area (Å²) in [4.78, 5) is 60.1. The Kier molecular flexibility index (Phi) is 10.6. The number of unbranched alkanes of at least 4 members (excludes halogenated alkanes) is 4. The zero-order valence-corrected chi connectivity index (χ0v) is 57.5. The molecule has 0 bridgehead atoms. The van der Waals surface area contributed by atoms with E-state index in [-0.39, 0.29) is 35.7 Å². The Hall–Kier alpha value is -12.1. The Balaban J connectivity index is 0.660. The molecule has 0 aliphatic carbocycles. The monoisotopic (exact) mass is 1320 g/mol. The minimum atomic E-state index is -0.250. The van der Waals surface area contributed by atoms with Crippen LogP contribution in [0, 0.1) is 6.92 Å². The molecule has 484 valence electrons. The molecule has 2 aliphatic heterocycles. The molecule has 24 rings (SSSR count). The average Bonchev–Trinajstić information content (AvgIpc) is 0.682. The van der Waals surface area contributed by atoms with Gasteiger partial charge in [-0.15, -0.1) is 0 Å². The number of carbonyl (C=O) groups is 4. The normalized spacial score (nSPS) is 14.6. The quantitative estimate of drug-likeness (QED) is 0.0625. The lowest BCUT2D eigenvalue weighted by molar-refractivity contribution is 0.0534. The summed E-state index contributed by atoms with van der Waals surface area (Å²) in [6.45, 7) is 10.3. The highest BCUT2D eigenvalue weighted by Gasteiger charge is 2.39. The van der Waals surface area contributed by atoms with Crippen LogP contribution < -0.4 is 0 Å². The van der Waals surface area contributed by atoms with Gasteiger partial charge in [0.05, 0.1) is 0 Å². The topological polar surface area (TPSA) is 74.8 Å². The highest BCUT2D eigenvalue weighted by atomic mass is 16.2. The van der Waals surface area contributed by atoms with Crippen LogP contribution in [0.1, 0.15) is 113 Å². The predicted molar refractivity (Wildman–Crippen MR) is 433 cm³/mol. The van der Waals surface area contributed by atoms with Crippen LogP contribution in [0.15, 0.2) is 200 Å². The number of hydrogen-bond acceptors (Lipinski definition) is 4. The molecule has 6 nitrogen and oxygen atoms in total. The van der Waals surface area contributed by atoms with Crippen molar-refractivity contribution in [3.63, 3.8) is 0 Å². The number of rotatable bonds is 9. The van der Waals surface area contributed by atoms with Gasteiger partial charge in [-0.1, -0.05) is 215 Å². The van der Waals surface area contributed by atoms with Gasteiger partial charge in [0.2, 0.25) is 0 Å². The first-order valence-corrected chi connectivity index (χ1v) is 37.0. The number of nitrogens with zero attached hydrogens (tertiary/aromatic N) is 2. The molecular formula is C97H62N2O4. The molecule has 2 heterocycles. The van der Waals surface area contributed by atoms with Crippen LogP contribution in [-0.4, -0.2) is 45.5 Å². The second-order valence-corrected chi connectivity index (χ2v) is 30.8. The maximum atomic E-state index is 14.6. The lowest BCUT2D eigenvalue weighted by atomic mass is 9.79. The van der Waals surface area contributed by atoms with Crippen LogP contribution in [-0.2, 0) is 0 Å². The molecule has 1 atom stereocenters. The SMILES string of the molecule is CCCCCCCC(C)N1C(=O)c2ccc3c4ccc(C)c5c(-c6ccc7c8ccc9c%10ccc%11c%12ccc%13c%14ccc%15c%16ccc%17c%18c(ccc(c%19ccc(c%20ccc(c%21ccc(c%22ccc(c%23cccc6c%237)c8c%229)c%10c%21%11)c%12c%20%13)c%14c%19%15)c%18%16)C(=O)N(C(C)C)C%17=O)ccc(c6ccc(c2c36)C1=O)c54. The smallest absolute Gasteiger partial charge is 0.261 e. The van der Waals surface area contributed by atoms with Crippen molar-refractivity contribution >= 4 is 239 Å². The summed E-state index contributed by atoms with van der Waals surface area (Å²) >= 11 is 0. The molecule has 0 radical (unpaired) electrons. The van der Waals surface area contributed by atoms with E-state index >= 15 is 0 Å². The van der Waals surface area contributed by atoms with E-state index < -0.39 is 0 Å². The van der Waals surface area contributed by atoms with E-state index in [2.05, 4.69) is 190 Å². The molecule has 0 aromatic heterocycles. The van der Waals surface area contributed by atoms with Gasteiger partial charge < -0.3 is 0 Å². The Morgan fingerprint density at radius 3 is 0.806 bits per heavy atom. The molecule has 0 saturated heterocycles. The summed E-state index contributed by atoms with van der Waals surface area (Å²) in [7, 11) is 0. The average molecular weight is 1320 g/mol. The molecule has 22 aromatic rings. The van der Waals surface area contributed by atoms with Crippen LogP contribution in [0.5, 0.6) is 0 Å². The first-order valence-electron chi connectivity index (χ1n) is 37.0. The Morgan fingerprint density at radius 2 is 0.476 bits per heavy atom. The van der Waals surface area contributed by atoms with Crippen molar-refractivity contribution in [2.45, 2.75) is 85.2 Å². The highest BCUT2D eigenvalue weighted by Crippen LogP contribution is 2.56. The summed E-state index contributed by atoms with van der Waals surface area (Å²) in [5.74, 6) is -0.820. The summed E-state index contributed by atoms with van der Waals surface area (Å²) in [5.41, 5.74) is 6.01. The largest absolute Gasteiger partial charge is 0.272 e. The summed E-state index contributed by atoms with van der Waals surface area (Å²) in [6, 6.07) is 74.9. The zero-order chi connectivity index (χ0) is 68.3. The number of imide groups is 2. The first kappa shape index (κ1) is 56.6. The van der Waals surface area contributed by atoms with Crippen LogP contribution in [0.3, 0.4) is 0 Å². The van der Waals surface area contributed by atoms with Gasteiger partial charge in [0.25, 0.3) is 23.6 Å². The summed E-state index contributed by atoms with van der Waals surface area (Å²) in [6.07, 6.45) is 6.48. The molecule has 0 saturated carbocycles. The van der Waals surface area contributed by atoms with Crippen molar-refractivity contribution < 1.29 is 19.2 Å². The second-order valence-electron chi connectivity index (χ2n) is 30.8. The third-order valence-electron chi connectivity index (χ3n) is 25.6. The number of amides is 4. The third-order valence-corrected chi connectivity index (χ3v) is 25.6. The van der Waals surface area contributed by atoms with Gasteiger partial charge in [0, 0.05) is 45.1 Å². The van der Waals surface area contributed by atoms with Crippen LogP contribution in [0.4, 0.5) is 0 Å². The molecule has 4 amide bonds. The van der Waals surface area contributed by atoms with Crippen LogP contribution in [0.25, 0.3) is 227 Å². The predicted octanol–water partition coefficient (Wildman–Crippen LogP) is 25.7. The molecule has 0 fully saturated rings. The Bertz CT molecular complexity index is 7450. The van der Waals surface area contributed by atoms with Crippen LogP contribution in [0.2, 0.25) is 0 Å². The van der Waals surface area contributed by atoms with Gasteiger partial charge >= 0.3 is 0 Å². The molecule has 2 aliphatic rings. The zero-order valence-electron chi connectivity index (χ0n) is 57.5. The van der Waals surface area contributed by atoms with Gasteiger partial charge in [-0.2, -0.15) is 0 Å². The molecule has 0 spiro atoms.